The molecule has 22 heavy (non-hydrogen) atoms. The van der Waals surface area contributed by atoms with Crippen molar-refractivity contribution in [2.24, 2.45) is 0 Å². The fourth-order valence-corrected chi connectivity index (χ4v) is 1.73. The van der Waals surface area contributed by atoms with E-state index in [2.05, 4.69) is 10.6 Å². The fraction of sp³-hybridized carbons (Fsp3) is 0. The molecule has 0 aromatic heterocycles. The SMILES string of the molecule is N#C/C(=C/Nc1ccccc1F)C(=O)Nc1ccc(Cl)cc1. The van der Waals surface area contributed by atoms with E-state index in [0.717, 1.165) is 6.20 Å². The number of rotatable bonds is 4. The Bertz CT molecular complexity index is 751. The van der Waals surface area contributed by atoms with Gasteiger partial charge in [-0.25, -0.2) is 4.39 Å². The molecular weight excluding hydrogens is 305 g/mol. The van der Waals surface area contributed by atoms with Gasteiger partial charge in [-0.05, 0) is 36.4 Å². The number of nitrogens with one attached hydrogen (secondary N) is 2. The zero-order valence-electron chi connectivity index (χ0n) is 11.3. The molecule has 6 heteroatoms. The van der Waals surface area contributed by atoms with Gasteiger partial charge in [0, 0.05) is 16.9 Å². The molecule has 0 bridgehead atoms. The van der Waals surface area contributed by atoms with Crippen LogP contribution in [0.15, 0.2) is 60.3 Å². The van der Waals surface area contributed by atoms with Gasteiger partial charge < -0.3 is 10.6 Å². The van der Waals surface area contributed by atoms with Crippen LogP contribution in [0.4, 0.5) is 15.8 Å². The van der Waals surface area contributed by atoms with Crippen LogP contribution in [0.2, 0.25) is 5.02 Å². The highest BCUT2D eigenvalue weighted by atomic mass is 35.5. The number of hydrogen-bond donors (Lipinski definition) is 2. The number of carbonyl (C=O) groups is 1. The van der Waals surface area contributed by atoms with Gasteiger partial charge in [0.05, 0.1) is 5.69 Å². The van der Waals surface area contributed by atoms with Gasteiger partial charge in [0.1, 0.15) is 17.5 Å². The Morgan fingerprint density at radius 1 is 1.18 bits per heavy atom. The molecule has 0 spiro atoms. The number of anilines is 2. The first-order chi connectivity index (χ1) is 10.6. The summed E-state index contributed by atoms with van der Waals surface area (Å²) in [4.78, 5) is 12.0. The molecule has 0 aliphatic rings. The maximum absolute atomic E-state index is 13.4. The van der Waals surface area contributed by atoms with E-state index in [1.54, 1.807) is 42.5 Å². The molecule has 2 rings (SSSR count). The van der Waals surface area contributed by atoms with Gasteiger partial charge in [0.2, 0.25) is 0 Å². The molecule has 0 fully saturated rings. The van der Waals surface area contributed by atoms with Gasteiger partial charge in [0.15, 0.2) is 0 Å². The number of benzene rings is 2. The summed E-state index contributed by atoms with van der Waals surface area (Å²) in [7, 11) is 0. The Balaban J connectivity index is 2.09. The largest absolute Gasteiger partial charge is 0.358 e. The molecule has 110 valence electrons. The second-order valence-corrected chi connectivity index (χ2v) is 4.69. The normalized spacial score (nSPS) is 10.7. The van der Waals surface area contributed by atoms with Crippen molar-refractivity contribution in [2.75, 3.05) is 10.6 Å². The number of hydrogen-bond acceptors (Lipinski definition) is 3. The Morgan fingerprint density at radius 3 is 2.50 bits per heavy atom. The third-order valence-corrected chi connectivity index (χ3v) is 2.97. The highest BCUT2D eigenvalue weighted by Gasteiger charge is 2.09. The Labute approximate surface area is 131 Å². The molecule has 2 aromatic carbocycles. The lowest BCUT2D eigenvalue weighted by molar-refractivity contribution is -0.112. The summed E-state index contributed by atoms with van der Waals surface area (Å²) in [6.45, 7) is 0. The summed E-state index contributed by atoms with van der Waals surface area (Å²) in [5.41, 5.74) is 0.495. The topological polar surface area (TPSA) is 64.9 Å². The van der Waals surface area contributed by atoms with Gasteiger partial charge in [0.25, 0.3) is 5.91 Å². The molecule has 0 heterocycles. The molecule has 0 aliphatic heterocycles. The monoisotopic (exact) mass is 315 g/mol. The number of nitrogens with zero attached hydrogens (tertiary/aromatic N) is 1. The van der Waals surface area contributed by atoms with Crippen LogP contribution < -0.4 is 10.6 Å². The molecule has 0 saturated heterocycles. The smallest absolute Gasteiger partial charge is 0.267 e. The van der Waals surface area contributed by atoms with Crippen molar-refractivity contribution in [1.29, 1.82) is 5.26 Å². The van der Waals surface area contributed by atoms with Crippen LogP contribution in [0.25, 0.3) is 0 Å². The second-order valence-electron chi connectivity index (χ2n) is 4.26. The van der Waals surface area contributed by atoms with Crippen LogP contribution >= 0.6 is 11.6 Å². The average molecular weight is 316 g/mol. The molecule has 0 saturated carbocycles. The fourth-order valence-electron chi connectivity index (χ4n) is 1.61. The molecule has 2 aromatic rings. The summed E-state index contributed by atoms with van der Waals surface area (Å²) in [6.07, 6.45) is 1.16. The van der Waals surface area contributed by atoms with E-state index in [0.29, 0.717) is 10.7 Å². The van der Waals surface area contributed by atoms with E-state index in [1.807, 2.05) is 0 Å². The minimum atomic E-state index is -0.603. The van der Waals surface area contributed by atoms with Crippen LogP contribution in [0.1, 0.15) is 0 Å². The predicted molar refractivity (Wildman–Crippen MR) is 83.8 cm³/mol. The zero-order chi connectivity index (χ0) is 15.9. The highest BCUT2D eigenvalue weighted by molar-refractivity contribution is 6.30. The van der Waals surface area contributed by atoms with Crippen LogP contribution in [-0.2, 0) is 4.79 Å². The lowest BCUT2D eigenvalue weighted by Crippen LogP contribution is -2.14. The van der Waals surface area contributed by atoms with Crippen LogP contribution in [0.5, 0.6) is 0 Å². The molecular formula is C16H11ClFN3O. The molecule has 0 atom stereocenters. The quantitative estimate of drug-likeness (QED) is 0.663. The van der Waals surface area contributed by atoms with Gasteiger partial charge in [-0.2, -0.15) is 5.26 Å². The second kappa shape index (κ2) is 7.25. The van der Waals surface area contributed by atoms with Crippen molar-refractivity contribution in [3.8, 4) is 6.07 Å². The summed E-state index contributed by atoms with van der Waals surface area (Å²) in [5, 5.41) is 14.7. The Kier molecular flexibility index (Phi) is 5.12. The van der Waals surface area contributed by atoms with Crippen molar-refractivity contribution < 1.29 is 9.18 Å². The van der Waals surface area contributed by atoms with Crippen LogP contribution in [0.3, 0.4) is 0 Å². The first-order valence-corrected chi connectivity index (χ1v) is 6.66. The standard InChI is InChI=1S/C16H11ClFN3O/c17-12-5-7-13(8-6-12)21-16(22)11(9-19)10-20-15-4-2-1-3-14(15)18/h1-8,10,20H,(H,21,22)/b11-10-. The van der Waals surface area contributed by atoms with Crippen molar-refractivity contribution in [2.45, 2.75) is 0 Å². The number of carbonyl (C=O) groups excluding carboxylic acids is 1. The average Bonchev–Trinajstić information content (AvgIpc) is 2.52. The maximum Gasteiger partial charge on any atom is 0.267 e. The first-order valence-electron chi connectivity index (χ1n) is 6.28. The van der Waals surface area contributed by atoms with E-state index in [-0.39, 0.29) is 11.3 Å². The van der Waals surface area contributed by atoms with Gasteiger partial charge in [-0.1, -0.05) is 23.7 Å². The molecule has 0 unspecified atom stereocenters. The summed E-state index contributed by atoms with van der Waals surface area (Å²) >= 11 is 5.75. The Morgan fingerprint density at radius 2 is 1.86 bits per heavy atom. The number of halogens is 2. The molecule has 2 N–H and O–H groups in total. The lowest BCUT2D eigenvalue weighted by atomic mass is 10.2. The van der Waals surface area contributed by atoms with Crippen molar-refractivity contribution >= 4 is 28.9 Å². The van der Waals surface area contributed by atoms with Crippen molar-refractivity contribution in [3.63, 3.8) is 0 Å². The lowest BCUT2D eigenvalue weighted by Gasteiger charge is -2.05. The van der Waals surface area contributed by atoms with Crippen molar-refractivity contribution in [3.05, 3.63) is 71.1 Å². The summed E-state index contributed by atoms with van der Waals surface area (Å²) in [6, 6.07) is 14.2. The molecule has 0 radical (unpaired) electrons. The van der Waals surface area contributed by atoms with E-state index < -0.39 is 11.7 Å². The van der Waals surface area contributed by atoms with E-state index in [1.165, 1.54) is 12.1 Å². The van der Waals surface area contributed by atoms with Crippen molar-refractivity contribution in [1.82, 2.24) is 0 Å². The zero-order valence-corrected chi connectivity index (χ0v) is 12.1. The third-order valence-electron chi connectivity index (χ3n) is 2.71. The van der Waals surface area contributed by atoms with Gasteiger partial charge >= 0.3 is 0 Å². The maximum atomic E-state index is 13.4. The van der Waals surface area contributed by atoms with E-state index in [9.17, 15) is 9.18 Å². The van der Waals surface area contributed by atoms with E-state index in [4.69, 9.17) is 16.9 Å². The number of para-hydroxylation sites is 1. The van der Waals surface area contributed by atoms with E-state index >= 15 is 0 Å². The molecule has 0 aliphatic carbocycles. The van der Waals surface area contributed by atoms with Crippen LogP contribution in [-0.4, -0.2) is 5.91 Å². The van der Waals surface area contributed by atoms with Gasteiger partial charge in [-0.3, -0.25) is 4.79 Å². The van der Waals surface area contributed by atoms with Gasteiger partial charge in [-0.15, -0.1) is 0 Å². The Hall–Kier alpha value is -2.84. The summed E-state index contributed by atoms with van der Waals surface area (Å²) < 4.78 is 13.4. The molecule has 1 amide bonds. The van der Waals surface area contributed by atoms with Crippen LogP contribution in [0, 0.1) is 17.1 Å². The predicted octanol–water partition coefficient (Wildman–Crippen LogP) is 3.94. The number of nitriles is 1. The first kappa shape index (κ1) is 15.5. The third kappa shape index (κ3) is 4.08. The minimum Gasteiger partial charge on any atom is -0.358 e. The molecule has 4 nitrogen and oxygen atoms in total. The summed E-state index contributed by atoms with van der Waals surface area (Å²) in [5.74, 6) is -1.08. The number of amides is 1. The minimum absolute atomic E-state index is 0.176. The highest BCUT2D eigenvalue weighted by Crippen LogP contribution is 2.15.